The van der Waals surface area contributed by atoms with Crippen molar-refractivity contribution in [3.05, 3.63) is 54.1 Å². The maximum atomic E-state index is 11.4. The van der Waals surface area contributed by atoms with E-state index in [1.165, 1.54) is 6.20 Å². The smallest absolute Gasteiger partial charge is 0.512 e. The minimum atomic E-state index is -1.85. The molecule has 0 saturated heterocycles. The number of benzene rings is 1. The molecule has 0 atom stereocenters. The zero-order chi connectivity index (χ0) is 16.4. The molecule has 1 amide bonds. The molecule has 23 heavy (non-hydrogen) atoms. The summed E-state index contributed by atoms with van der Waals surface area (Å²) in [5, 5.41) is 17.5. The number of nitrogens with zero attached hydrogens (tertiary/aromatic N) is 3. The van der Waals surface area contributed by atoms with Gasteiger partial charge in [-0.3, -0.25) is 4.79 Å². The third-order valence-corrected chi connectivity index (χ3v) is 3.29. The van der Waals surface area contributed by atoms with Crippen molar-refractivity contribution in [3.8, 4) is 5.75 Å². The molecule has 0 saturated carbocycles. The van der Waals surface area contributed by atoms with Gasteiger partial charge in [0.25, 0.3) is 5.91 Å². The second-order valence-corrected chi connectivity index (χ2v) is 4.85. The average molecular weight is 312 g/mol. The molecule has 1 aromatic carbocycles. The highest BCUT2D eigenvalue weighted by atomic mass is 16.6. The number of primary amides is 1. The Labute approximate surface area is 131 Å². The Morgan fingerprint density at radius 1 is 1.22 bits per heavy atom. The fraction of sp³-hybridized carbons (Fsp3) is 0.0714. The quantitative estimate of drug-likeness (QED) is 0.566. The first-order valence-electron chi connectivity index (χ1n) is 6.76. The zero-order valence-electron chi connectivity index (χ0n) is 12.0. The molecule has 0 aliphatic heterocycles. The largest absolute Gasteiger partial charge is 0.707 e. The molecule has 3 aromatic rings. The SMILES string of the molecule is NC(=O)c1nccc2c1ncn2Cc1ccc(OB(O)O)cc1. The number of hydrogen-bond donors (Lipinski definition) is 3. The van der Waals surface area contributed by atoms with Crippen LogP contribution in [0.2, 0.25) is 0 Å². The number of hydrogen-bond acceptors (Lipinski definition) is 6. The normalized spacial score (nSPS) is 10.7. The molecule has 0 spiro atoms. The highest BCUT2D eigenvalue weighted by molar-refractivity contribution is 6.33. The summed E-state index contributed by atoms with van der Waals surface area (Å²) >= 11 is 0. The van der Waals surface area contributed by atoms with Gasteiger partial charge in [-0.25, -0.2) is 9.97 Å². The van der Waals surface area contributed by atoms with E-state index < -0.39 is 13.2 Å². The molecule has 0 bridgehead atoms. The van der Waals surface area contributed by atoms with E-state index in [1.807, 2.05) is 4.57 Å². The number of fused-ring (bicyclic) bond motifs is 1. The lowest BCUT2D eigenvalue weighted by Crippen LogP contribution is -2.20. The third kappa shape index (κ3) is 3.15. The predicted octanol–water partition coefficient (Wildman–Crippen LogP) is -0.0732. The van der Waals surface area contributed by atoms with Crippen LogP contribution in [0.5, 0.6) is 5.75 Å². The minimum absolute atomic E-state index is 0.141. The van der Waals surface area contributed by atoms with Crippen LogP contribution in [0.15, 0.2) is 42.9 Å². The average Bonchev–Trinajstić information content (AvgIpc) is 2.91. The van der Waals surface area contributed by atoms with Crippen LogP contribution in [0.3, 0.4) is 0 Å². The first kappa shape index (κ1) is 15.0. The molecule has 3 rings (SSSR count). The van der Waals surface area contributed by atoms with E-state index in [-0.39, 0.29) is 5.69 Å². The Bertz CT molecular complexity index is 848. The van der Waals surface area contributed by atoms with Gasteiger partial charge in [0.2, 0.25) is 0 Å². The first-order chi connectivity index (χ1) is 11.0. The van der Waals surface area contributed by atoms with Gasteiger partial charge >= 0.3 is 7.32 Å². The highest BCUT2D eigenvalue weighted by Crippen LogP contribution is 2.18. The molecule has 4 N–H and O–H groups in total. The van der Waals surface area contributed by atoms with Crippen molar-refractivity contribution in [2.24, 2.45) is 5.73 Å². The molecule has 0 aliphatic rings. The Morgan fingerprint density at radius 3 is 2.61 bits per heavy atom. The van der Waals surface area contributed by atoms with Crippen molar-refractivity contribution >= 4 is 24.3 Å². The summed E-state index contributed by atoms with van der Waals surface area (Å²) in [5.41, 5.74) is 7.59. The number of pyridine rings is 1. The molecule has 0 fully saturated rings. The Morgan fingerprint density at radius 2 is 1.96 bits per heavy atom. The van der Waals surface area contributed by atoms with Gasteiger partial charge in [-0.05, 0) is 23.8 Å². The second kappa shape index (κ2) is 6.07. The highest BCUT2D eigenvalue weighted by Gasteiger charge is 2.13. The van der Waals surface area contributed by atoms with E-state index in [2.05, 4.69) is 9.97 Å². The van der Waals surface area contributed by atoms with Crippen molar-refractivity contribution in [3.63, 3.8) is 0 Å². The van der Waals surface area contributed by atoms with Crippen LogP contribution >= 0.6 is 0 Å². The van der Waals surface area contributed by atoms with E-state index in [0.29, 0.717) is 17.8 Å². The fourth-order valence-corrected chi connectivity index (χ4v) is 2.29. The molecule has 2 aromatic heterocycles. The summed E-state index contributed by atoms with van der Waals surface area (Å²) in [6.07, 6.45) is 3.13. The fourth-order valence-electron chi connectivity index (χ4n) is 2.29. The zero-order valence-corrected chi connectivity index (χ0v) is 12.0. The first-order valence-corrected chi connectivity index (χ1v) is 6.76. The molecular formula is C14H13BN4O4. The van der Waals surface area contributed by atoms with E-state index >= 15 is 0 Å². The molecule has 0 radical (unpaired) electrons. The van der Waals surface area contributed by atoms with E-state index in [0.717, 1.165) is 11.1 Å². The standard InChI is InChI=1S/C14H13BN4O4/c16-14(20)13-12-11(5-6-17-13)19(8-18-12)7-9-1-3-10(4-2-9)23-15(21)22/h1-6,8,21-22H,7H2,(H2,16,20). The molecule has 9 heteroatoms. The lowest BCUT2D eigenvalue weighted by Gasteiger charge is -2.07. The monoisotopic (exact) mass is 312 g/mol. The topological polar surface area (TPSA) is 123 Å². The van der Waals surface area contributed by atoms with Gasteiger partial charge in [-0.2, -0.15) is 0 Å². The molecule has 0 unspecified atom stereocenters. The lowest BCUT2D eigenvalue weighted by molar-refractivity contribution is 0.0997. The number of carbonyl (C=O) groups excluding carboxylic acids is 1. The van der Waals surface area contributed by atoms with E-state index in [1.54, 1.807) is 36.7 Å². The summed E-state index contributed by atoms with van der Waals surface area (Å²) in [5.74, 6) is -0.274. The van der Waals surface area contributed by atoms with Crippen LogP contribution in [-0.4, -0.2) is 37.8 Å². The third-order valence-electron chi connectivity index (χ3n) is 3.29. The van der Waals surface area contributed by atoms with Crippen LogP contribution in [0.1, 0.15) is 16.1 Å². The lowest BCUT2D eigenvalue weighted by atomic mass is 10.2. The van der Waals surface area contributed by atoms with Gasteiger partial charge in [-0.1, -0.05) is 12.1 Å². The maximum absolute atomic E-state index is 11.4. The van der Waals surface area contributed by atoms with Gasteiger partial charge in [-0.15, -0.1) is 0 Å². The summed E-state index contributed by atoms with van der Waals surface area (Å²) < 4.78 is 6.61. The van der Waals surface area contributed by atoms with Gasteiger partial charge in [0.05, 0.1) is 11.8 Å². The number of carbonyl (C=O) groups is 1. The summed E-state index contributed by atoms with van der Waals surface area (Å²) in [4.78, 5) is 19.5. The molecular weight excluding hydrogens is 299 g/mol. The van der Waals surface area contributed by atoms with Gasteiger partial charge in [0.15, 0.2) is 5.69 Å². The molecule has 2 heterocycles. The Balaban J connectivity index is 1.87. The second-order valence-electron chi connectivity index (χ2n) is 4.85. The summed E-state index contributed by atoms with van der Waals surface area (Å²) in [6, 6.07) is 8.60. The van der Waals surface area contributed by atoms with Gasteiger partial charge < -0.3 is 25.0 Å². The van der Waals surface area contributed by atoms with Gasteiger partial charge in [0, 0.05) is 12.7 Å². The number of nitrogens with two attached hydrogens (primary N) is 1. The number of amides is 1. The van der Waals surface area contributed by atoms with Crippen molar-refractivity contribution in [1.29, 1.82) is 0 Å². The number of imidazole rings is 1. The molecule has 8 nitrogen and oxygen atoms in total. The van der Waals surface area contributed by atoms with Crippen LogP contribution in [0, 0.1) is 0 Å². The summed E-state index contributed by atoms with van der Waals surface area (Å²) in [6.45, 7) is 0.515. The summed E-state index contributed by atoms with van der Waals surface area (Å²) in [7, 11) is -1.85. The van der Waals surface area contributed by atoms with E-state index in [4.69, 9.17) is 20.4 Å². The van der Waals surface area contributed by atoms with Crippen molar-refractivity contribution < 1.29 is 19.5 Å². The van der Waals surface area contributed by atoms with E-state index in [9.17, 15) is 4.79 Å². The van der Waals surface area contributed by atoms with Crippen molar-refractivity contribution in [2.45, 2.75) is 6.54 Å². The number of aromatic nitrogens is 3. The maximum Gasteiger partial charge on any atom is 0.707 e. The Kier molecular flexibility index (Phi) is 3.96. The van der Waals surface area contributed by atoms with Crippen LogP contribution in [0.4, 0.5) is 0 Å². The molecule has 0 aliphatic carbocycles. The molecule has 116 valence electrons. The number of rotatable bonds is 5. The van der Waals surface area contributed by atoms with Gasteiger partial charge in [0.1, 0.15) is 11.3 Å². The van der Waals surface area contributed by atoms with Crippen LogP contribution in [0.25, 0.3) is 11.0 Å². The van der Waals surface area contributed by atoms with Crippen LogP contribution < -0.4 is 10.4 Å². The minimum Gasteiger partial charge on any atom is -0.512 e. The van der Waals surface area contributed by atoms with Crippen LogP contribution in [-0.2, 0) is 6.54 Å². The predicted molar refractivity (Wildman–Crippen MR) is 82.4 cm³/mol. The van der Waals surface area contributed by atoms with Crippen molar-refractivity contribution in [1.82, 2.24) is 14.5 Å². The van der Waals surface area contributed by atoms with Crippen molar-refractivity contribution in [2.75, 3.05) is 0 Å². The Hall–Kier alpha value is -2.91.